The van der Waals surface area contributed by atoms with E-state index in [0.29, 0.717) is 0 Å². The predicted octanol–water partition coefficient (Wildman–Crippen LogP) is 1.40. The maximum absolute atomic E-state index is 12.3. The summed E-state index contributed by atoms with van der Waals surface area (Å²) < 4.78 is 27.3. The lowest BCUT2D eigenvalue weighted by Crippen LogP contribution is -2.44. The lowest BCUT2D eigenvalue weighted by Gasteiger charge is -2.24. The van der Waals surface area contributed by atoms with Crippen LogP contribution in [0.15, 0.2) is 5.16 Å². The van der Waals surface area contributed by atoms with Gasteiger partial charge in [-0.25, -0.2) is 13.1 Å². The minimum absolute atomic E-state index is 0.132. The van der Waals surface area contributed by atoms with E-state index in [1.807, 2.05) is 0 Å². The van der Waals surface area contributed by atoms with Gasteiger partial charge in [0, 0.05) is 12.0 Å². The van der Waals surface area contributed by atoms with Crippen LogP contribution in [0.1, 0.15) is 51.4 Å². The van der Waals surface area contributed by atoms with Gasteiger partial charge in [-0.05, 0) is 31.6 Å². The van der Waals surface area contributed by atoms with Gasteiger partial charge in [0.05, 0.1) is 5.75 Å². The molecule has 0 aromatic rings. The van der Waals surface area contributed by atoms with E-state index >= 15 is 0 Å². The third-order valence-electron chi connectivity index (χ3n) is 4.52. The van der Waals surface area contributed by atoms with Crippen molar-refractivity contribution < 1.29 is 13.6 Å². The van der Waals surface area contributed by atoms with Gasteiger partial charge < -0.3 is 10.9 Å². The highest BCUT2D eigenvalue weighted by molar-refractivity contribution is 7.89. The van der Waals surface area contributed by atoms with Crippen molar-refractivity contribution in [2.45, 2.75) is 57.4 Å². The smallest absolute Gasteiger partial charge is 0.212 e. The molecule has 0 spiro atoms. The molecule has 0 radical (unpaired) electrons. The molecule has 20 heavy (non-hydrogen) atoms. The summed E-state index contributed by atoms with van der Waals surface area (Å²) in [6.07, 6.45) is 7.93. The van der Waals surface area contributed by atoms with E-state index in [1.54, 1.807) is 0 Å². The Labute approximate surface area is 120 Å². The monoisotopic (exact) mass is 303 g/mol. The number of hydrogen-bond acceptors (Lipinski definition) is 4. The van der Waals surface area contributed by atoms with Crippen LogP contribution in [-0.4, -0.2) is 31.3 Å². The summed E-state index contributed by atoms with van der Waals surface area (Å²) in [4.78, 5) is 0. The number of amidine groups is 1. The van der Waals surface area contributed by atoms with E-state index in [-0.39, 0.29) is 29.5 Å². The fraction of sp³-hybridized carbons (Fsp3) is 0.923. The van der Waals surface area contributed by atoms with E-state index in [0.717, 1.165) is 44.9 Å². The molecule has 2 aliphatic rings. The Morgan fingerprint density at radius 3 is 2.50 bits per heavy atom. The molecule has 2 fully saturated rings. The molecule has 0 aliphatic heterocycles. The van der Waals surface area contributed by atoms with Crippen molar-refractivity contribution in [3.8, 4) is 0 Å². The van der Waals surface area contributed by atoms with Crippen LogP contribution < -0.4 is 10.5 Å². The number of hydrogen-bond donors (Lipinski definition) is 3. The van der Waals surface area contributed by atoms with Gasteiger partial charge in [0.15, 0.2) is 0 Å². The largest absolute Gasteiger partial charge is 0.409 e. The fourth-order valence-corrected chi connectivity index (χ4v) is 5.27. The van der Waals surface area contributed by atoms with E-state index in [2.05, 4.69) is 9.88 Å². The summed E-state index contributed by atoms with van der Waals surface area (Å²) >= 11 is 0. The van der Waals surface area contributed by atoms with Gasteiger partial charge in [0.25, 0.3) is 0 Å². The Hall–Kier alpha value is -0.820. The van der Waals surface area contributed by atoms with E-state index in [4.69, 9.17) is 10.9 Å². The fourth-order valence-electron chi connectivity index (χ4n) is 3.47. The first-order valence-corrected chi connectivity index (χ1v) is 9.14. The van der Waals surface area contributed by atoms with Crippen molar-refractivity contribution in [2.24, 2.45) is 22.7 Å². The van der Waals surface area contributed by atoms with Gasteiger partial charge in [-0.1, -0.05) is 30.8 Å². The van der Waals surface area contributed by atoms with Crippen LogP contribution in [0.2, 0.25) is 0 Å². The minimum Gasteiger partial charge on any atom is -0.409 e. The van der Waals surface area contributed by atoms with Crippen LogP contribution in [0.5, 0.6) is 0 Å². The van der Waals surface area contributed by atoms with Crippen LogP contribution in [0, 0.1) is 11.8 Å². The first-order valence-electron chi connectivity index (χ1n) is 7.49. The molecule has 2 unspecified atom stereocenters. The van der Waals surface area contributed by atoms with E-state index < -0.39 is 10.0 Å². The molecule has 6 nitrogen and oxygen atoms in total. The van der Waals surface area contributed by atoms with Crippen LogP contribution in [0.3, 0.4) is 0 Å². The van der Waals surface area contributed by atoms with Gasteiger partial charge in [-0.3, -0.25) is 0 Å². The Kier molecular flexibility index (Phi) is 5.26. The summed E-state index contributed by atoms with van der Waals surface area (Å²) in [6.45, 7) is 0. The molecule has 0 aromatic heterocycles. The summed E-state index contributed by atoms with van der Waals surface area (Å²) in [5.41, 5.74) is 5.64. The molecule has 2 aliphatic carbocycles. The quantitative estimate of drug-likeness (QED) is 0.309. The van der Waals surface area contributed by atoms with Crippen molar-refractivity contribution >= 4 is 15.9 Å². The molecule has 2 atom stereocenters. The molecule has 0 heterocycles. The summed E-state index contributed by atoms with van der Waals surface area (Å²) in [5.74, 6) is 0.450. The Bertz CT molecular complexity index is 444. The average Bonchev–Trinajstić information content (AvgIpc) is 2.85. The summed E-state index contributed by atoms with van der Waals surface area (Å²) in [6, 6.07) is -0.223. The lowest BCUT2D eigenvalue weighted by atomic mass is 9.91. The minimum atomic E-state index is -3.28. The molecule has 2 rings (SSSR count). The zero-order valence-electron chi connectivity index (χ0n) is 11.8. The van der Waals surface area contributed by atoms with Crippen molar-refractivity contribution in [3.05, 3.63) is 0 Å². The second-order valence-corrected chi connectivity index (χ2v) is 7.87. The zero-order chi connectivity index (χ0) is 14.6. The van der Waals surface area contributed by atoms with Crippen LogP contribution in [0.25, 0.3) is 0 Å². The third kappa shape index (κ3) is 4.09. The Morgan fingerprint density at radius 2 is 1.85 bits per heavy atom. The van der Waals surface area contributed by atoms with Gasteiger partial charge in [-0.2, -0.15) is 0 Å². The number of nitrogens with zero attached hydrogens (tertiary/aromatic N) is 1. The van der Waals surface area contributed by atoms with Crippen molar-refractivity contribution in [2.75, 3.05) is 5.75 Å². The highest BCUT2D eigenvalue weighted by Crippen LogP contribution is 2.28. The molecule has 0 aromatic carbocycles. The molecule has 0 bridgehead atoms. The van der Waals surface area contributed by atoms with E-state index in [9.17, 15) is 8.42 Å². The predicted molar refractivity (Wildman–Crippen MR) is 78.0 cm³/mol. The number of sulfonamides is 1. The second kappa shape index (κ2) is 6.76. The number of oxime groups is 1. The summed E-state index contributed by atoms with van der Waals surface area (Å²) in [5, 5.41) is 11.8. The van der Waals surface area contributed by atoms with Gasteiger partial charge >= 0.3 is 0 Å². The van der Waals surface area contributed by atoms with Gasteiger partial charge in [0.2, 0.25) is 10.0 Å². The normalized spacial score (nSPS) is 29.7. The highest BCUT2D eigenvalue weighted by atomic mass is 32.2. The molecular weight excluding hydrogens is 278 g/mol. The number of nitrogens with one attached hydrogen (secondary N) is 1. The second-order valence-electron chi connectivity index (χ2n) is 6.07. The maximum atomic E-state index is 12.3. The molecule has 2 saturated carbocycles. The molecule has 0 amide bonds. The van der Waals surface area contributed by atoms with Crippen LogP contribution in [0.4, 0.5) is 0 Å². The highest BCUT2D eigenvalue weighted by Gasteiger charge is 2.34. The first kappa shape index (κ1) is 15.6. The molecule has 116 valence electrons. The third-order valence-corrected chi connectivity index (χ3v) is 6.09. The molecule has 7 heteroatoms. The molecule has 4 N–H and O–H groups in total. The number of nitrogens with two attached hydrogens (primary N) is 1. The SMILES string of the molecule is NC(=NO)C1CCCC1NS(=O)(=O)CC1CCCCC1. The van der Waals surface area contributed by atoms with Crippen LogP contribution in [-0.2, 0) is 10.0 Å². The van der Waals surface area contributed by atoms with Crippen molar-refractivity contribution in [1.29, 1.82) is 0 Å². The number of rotatable bonds is 5. The van der Waals surface area contributed by atoms with Crippen molar-refractivity contribution in [1.82, 2.24) is 4.72 Å². The standard InChI is InChI=1S/C13H25N3O3S/c14-13(15-17)11-7-4-8-12(11)16-20(18,19)9-10-5-2-1-3-6-10/h10-12,16-17H,1-9H2,(H2,14,15). The average molecular weight is 303 g/mol. The van der Waals surface area contributed by atoms with Crippen LogP contribution >= 0.6 is 0 Å². The Morgan fingerprint density at radius 1 is 1.15 bits per heavy atom. The molecule has 0 saturated heterocycles. The summed E-state index contributed by atoms with van der Waals surface area (Å²) in [7, 11) is -3.28. The van der Waals surface area contributed by atoms with Crippen molar-refractivity contribution in [3.63, 3.8) is 0 Å². The molecular formula is C13H25N3O3S. The van der Waals surface area contributed by atoms with Gasteiger partial charge in [0.1, 0.15) is 5.84 Å². The van der Waals surface area contributed by atoms with E-state index in [1.165, 1.54) is 6.42 Å². The Balaban J connectivity index is 1.93. The lowest BCUT2D eigenvalue weighted by molar-refractivity contribution is 0.312. The van der Waals surface area contributed by atoms with Gasteiger partial charge in [-0.15, -0.1) is 0 Å². The topological polar surface area (TPSA) is 105 Å². The maximum Gasteiger partial charge on any atom is 0.212 e. The zero-order valence-corrected chi connectivity index (χ0v) is 12.6. The first-order chi connectivity index (χ1) is 9.52.